The van der Waals surface area contributed by atoms with Crippen molar-refractivity contribution >= 4 is 5.97 Å². The van der Waals surface area contributed by atoms with Crippen LogP contribution in [0.4, 0.5) is 0 Å². The Morgan fingerprint density at radius 3 is 2.44 bits per heavy atom. The first-order valence-electron chi connectivity index (χ1n) is 6.85. The quantitative estimate of drug-likeness (QED) is 0.560. The summed E-state index contributed by atoms with van der Waals surface area (Å²) < 4.78 is 16.9. The summed E-state index contributed by atoms with van der Waals surface area (Å²) in [6.45, 7) is 5.78. The number of carbonyl (C=O) groups is 1. The number of esters is 1. The van der Waals surface area contributed by atoms with Gasteiger partial charge in [-0.1, -0.05) is 6.92 Å². The number of ether oxygens (including phenoxy) is 3. The molecule has 2 heterocycles. The predicted molar refractivity (Wildman–Crippen MR) is 67.0 cm³/mol. The van der Waals surface area contributed by atoms with Gasteiger partial charge in [0.25, 0.3) is 0 Å². The first-order chi connectivity index (χ1) is 8.43. The minimum atomic E-state index is -0.566. The largest absolute Gasteiger partial charge is 0.432 e. The van der Waals surface area contributed by atoms with E-state index in [0.29, 0.717) is 6.10 Å². The van der Waals surface area contributed by atoms with Gasteiger partial charge in [0.15, 0.2) is 0 Å². The highest BCUT2D eigenvalue weighted by atomic mass is 16.7. The summed E-state index contributed by atoms with van der Waals surface area (Å²) in [7, 11) is 1.58. The maximum absolute atomic E-state index is 12.1. The van der Waals surface area contributed by atoms with Crippen molar-refractivity contribution in [2.24, 2.45) is 5.41 Å². The van der Waals surface area contributed by atoms with Gasteiger partial charge in [0, 0.05) is 7.11 Å². The molecule has 18 heavy (non-hydrogen) atoms. The smallest absolute Gasteiger partial charge is 0.313 e. The third-order valence-electron chi connectivity index (χ3n) is 4.47. The molecule has 0 amide bonds. The Morgan fingerprint density at radius 2 is 2.06 bits per heavy atom. The molecule has 4 heteroatoms. The first kappa shape index (κ1) is 13.8. The van der Waals surface area contributed by atoms with Crippen LogP contribution in [0.5, 0.6) is 0 Å². The van der Waals surface area contributed by atoms with Crippen LogP contribution < -0.4 is 0 Å². The molecule has 1 atom stereocenters. The molecule has 1 unspecified atom stereocenters. The summed E-state index contributed by atoms with van der Waals surface area (Å²) in [5.41, 5.74) is -0.858. The maximum Gasteiger partial charge on any atom is 0.313 e. The van der Waals surface area contributed by atoms with Gasteiger partial charge in [0.2, 0.25) is 6.29 Å². The number of hydrogen-bond donors (Lipinski definition) is 0. The highest BCUT2D eigenvalue weighted by molar-refractivity contribution is 5.76. The molecule has 4 nitrogen and oxygen atoms in total. The van der Waals surface area contributed by atoms with Crippen molar-refractivity contribution in [2.45, 2.75) is 70.9 Å². The van der Waals surface area contributed by atoms with E-state index in [2.05, 4.69) is 0 Å². The molecule has 0 spiro atoms. The van der Waals surface area contributed by atoms with Crippen molar-refractivity contribution in [2.75, 3.05) is 7.11 Å². The molecule has 2 aliphatic rings. The summed E-state index contributed by atoms with van der Waals surface area (Å²) in [4.78, 5) is 12.1. The van der Waals surface area contributed by atoms with Crippen LogP contribution in [0.15, 0.2) is 0 Å². The fraction of sp³-hybridized carbons (Fsp3) is 0.929. The molecule has 2 rings (SSSR count). The topological polar surface area (TPSA) is 44.8 Å². The van der Waals surface area contributed by atoms with Crippen molar-refractivity contribution in [3.8, 4) is 0 Å². The molecule has 104 valence electrons. The molecule has 2 aliphatic heterocycles. The number of carbonyl (C=O) groups excluding carboxylic acids is 1. The van der Waals surface area contributed by atoms with E-state index in [1.165, 1.54) is 0 Å². The van der Waals surface area contributed by atoms with E-state index >= 15 is 0 Å². The SMILES string of the molecule is CCC(C)(C)C(=O)OC(OC)C12CCC(CC1)O2. The minimum Gasteiger partial charge on any atom is -0.432 e. The van der Waals surface area contributed by atoms with Crippen molar-refractivity contribution in [1.29, 1.82) is 0 Å². The molecule has 0 saturated carbocycles. The standard InChI is InChI=1S/C14H24O4/c1-5-13(2,3)11(15)17-12(16-4)14-8-6-10(18-14)7-9-14/h10,12H,5-9H2,1-4H3. The van der Waals surface area contributed by atoms with Gasteiger partial charge in [0.1, 0.15) is 5.60 Å². The zero-order chi connectivity index (χ0) is 13.4. The average Bonchev–Trinajstić information content (AvgIpc) is 2.96. The monoisotopic (exact) mass is 256 g/mol. The second kappa shape index (κ2) is 4.82. The van der Waals surface area contributed by atoms with Gasteiger partial charge in [-0.05, 0) is 46.0 Å². The Hall–Kier alpha value is -0.610. The fourth-order valence-corrected chi connectivity index (χ4v) is 2.71. The Labute approximate surface area is 109 Å². The Morgan fingerprint density at radius 1 is 1.44 bits per heavy atom. The number of hydrogen-bond acceptors (Lipinski definition) is 4. The van der Waals surface area contributed by atoms with Crippen LogP contribution in [0.2, 0.25) is 0 Å². The van der Waals surface area contributed by atoms with Gasteiger partial charge in [-0.15, -0.1) is 0 Å². The lowest BCUT2D eigenvalue weighted by Gasteiger charge is -2.34. The van der Waals surface area contributed by atoms with E-state index in [9.17, 15) is 4.79 Å². The lowest BCUT2D eigenvalue weighted by molar-refractivity contribution is -0.229. The summed E-state index contributed by atoms with van der Waals surface area (Å²) in [6.07, 6.45) is 4.47. The molecule has 0 aliphatic carbocycles. The first-order valence-corrected chi connectivity index (χ1v) is 6.85. The predicted octanol–water partition coefficient (Wildman–Crippen LogP) is 2.65. The average molecular weight is 256 g/mol. The van der Waals surface area contributed by atoms with Crippen molar-refractivity contribution < 1.29 is 19.0 Å². The summed E-state index contributed by atoms with van der Waals surface area (Å²) in [5, 5.41) is 0. The Balaban J connectivity index is 2.04. The molecule has 0 radical (unpaired) electrons. The van der Waals surface area contributed by atoms with E-state index in [-0.39, 0.29) is 11.6 Å². The minimum absolute atomic E-state index is 0.204. The van der Waals surface area contributed by atoms with Gasteiger partial charge in [-0.3, -0.25) is 4.79 Å². The van der Waals surface area contributed by atoms with Gasteiger partial charge < -0.3 is 14.2 Å². The summed E-state index contributed by atoms with van der Waals surface area (Å²) in [6, 6.07) is 0. The molecular formula is C14H24O4. The van der Waals surface area contributed by atoms with E-state index in [4.69, 9.17) is 14.2 Å². The summed E-state index contributed by atoms with van der Waals surface area (Å²) in [5.74, 6) is -0.204. The molecule has 0 aromatic rings. The number of fused-ring (bicyclic) bond motifs is 2. The molecule has 0 aromatic heterocycles. The highest BCUT2D eigenvalue weighted by Gasteiger charge is 2.54. The second-order valence-electron chi connectivity index (χ2n) is 6.09. The van der Waals surface area contributed by atoms with Crippen LogP contribution in [-0.2, 0) is 19.0 Å². The zero-order valence-corrected chi connectivity index (χ0v) is 11.8. The number of rotatable bonds is 5. The van der Waals surface area contributed by atoms with Gasteiger partial charge >= 0.3 is 5.97 Å². The third kappa shape index (κ3) is 2.28. The molecule has 2 fully saturated rings. The fourth-order valence-electron chi connectivity index (χ4n) is 2.71. The zero-order valence-electron chi connectivity index (χ0n) is 11.8. The van der Waals surface area contributed by atoms with E-state index < -0.39 is 11.7 Å². The van der Waals surface area contributed by atoms with Crippen LogP contribution in [0, 0.1) is 5.41 Å². The Kier molecular flexibility index (Phi) is 3.70. The lowest BCUT2D eigenvalue weighted by Crippen LogP contribution is -2.46. The van der Waals surface area contributed by atoms with Crippen LogP contribution in [0.1, 0.15) is 52.9 Å². The van der Waals surface area contributed by atoms with Gasteiger partial charge in [0.05, 0.1) is 11.5 Å². The third-order valence-corrected chi connectivity index (χ3v) is 4.47. The van der Waals surface area contributed by atoms with Crippen molar-refractivity contribution in [3.63, 3.8) is 0 Å². The van der Waals surface area contributed by atoms with E-state index in [1.54, 1.807) is 7.11 Å². The van der Waals surface area contributed by atoms with Gasteiger partial charge in [-0.2, -0.15) is 0 Å². The summed E-state index contributed by atoms with van der Waals surface area (Å²) >= 11 is 0. The lowest BCUT2D eigenvalue weighted by atomic mass is 9.87. The normalized spacial score (nSPS) is 32.6. The van der Waals surface area contributed by atoms with Crippen molar-refractivity contribution in [1.82, 2.24) is 0 Å². The number of methoxy groups -OCH3 is 1. The van der Waals surface area contributed by atoms with Crippen molar-refractivity contribution in [3.05, 3.63) is 0 Å². The molecule has 2 bridgehead atoms. The molecule has 2 saturated heterocycles. The highest BCUT2D eigenvalue weighted by Crippen LogP contribution is 2.47. The molecule has 0 aromatic carbocycles. The Bertz CT molecular complexity index is 316. The van der Waals surface area contributed by atoms with E-state index in [1.807, 2.05) is 20.8 Å². The van der Waals surface area contributed by atoms with Gasteiger partial charge in [-0.25, -0.2) is 0 Å². The molecular weight excluding hydrogens is 232 g/mol. The van der Waals surface area contributed by atoms with E-state index in [0.717, 1.165) is 32.1 Å². The van der Waals surface area contributed by atoms with Crippen LogP contribution >= 0.6 is 0 Å². The molecule has 0 N–H and O–H groups in total. The van der Waals surface area contributed by atoms with Crippen LogP contribution in [0.25, 0.3) is 0 Å². The maximum atomic E-state index is 12.1. The second-order valence-corrected chi connectivity index (χ2v) is 6.09. The van der Waals surface area contributed by atoms with Crippen LogP contribution in [0.3, 0.4) is 0 Å². The van der Waals surface area contributed by atoms with Crippen LogP contribution in [-0.4, -0.2) is 31.1 Å².